The van der Waals surface area contributed by atoms with Gasteiger partial charge in [-0.1, -0.05) is 45.0 Å². The standard InChI is InChI=1S/C24H25N3O/c1-24(2,3)23-26-21(22(27-23)17-9-11-25-12-10-17)14-16-5-6-19-15-20(28-4)8-7-18(19)13-16/h5-13,15,23H,14H2,1-4H3. The first-order valence-corrected chi connectivity index (χ1v) is 9.56. The molecule has 4 nitrogen and oxygen atoms in total. The van der Waals surface area contributed by atoms with E-state index in [0.29, 0.717) is 0 Å². The zero-order valence-corrected chi connectivity index (χ0v) is 16.8. The summed E-state index contributed by atoms with van der Waals surface area (Å²) >= 11 is 0. The lowest BCUT2D eigenvalue weighted by atomic mass is 9.93. The highest BCUT2D eigenvalue weighted by molar-refractivity contribution is 6.49. The van der Waals surface area contributed by atoms with Crippen LogP contribution in [0.5, 0.6) is 5.75 Å². The number of benzene rings is 2. The Morgan fingerprint density at radius 3 is 2.32 bits per heavy atom. The van der Waals surface area contributed by atoms with Crippen LogP contribution in [0.25, 0.3) is 10.8 Å². The first kappa shape index (κ1) is 18.4. The molecule has 0 aliphatic carbocycles. The average molecular weight is 371 g/mol. The van der Waals surface area contributed by atoms with Gasteiger partial charge in [-0.05, 0) is 40.6 Å². The summed E-state index contributed by atoms with van der Waals surface area (Å²) in [6.07, 6.45) is 4.32. The Morgan fingerprint density at radius 2 is 1.61 bits per heavy atom. The monoisotopic (exact) mass is 371 g/mol. The molecule has 2 heterocycles. The van der Waals surface area contributed by atoms with Crippen molar-refractivity contribution in [3.63, 3.8) is 0 Å². The van der Waals surface area contributed by atoms with E-state index in [1.54, 1.807) is 7.11 Å². The summed E-state index contributed by atoms with van der Waals surface area (Å²) < 4.78 is 5.33. The molecule has 1 aliphatic heterocycles. The fourth-order valence-corrected chi connectivity index (χ4v) is 3.41. The molecule has 3 aromatic rings. The number of aliphatic imine (C=N–C) groups is 2. The second-order valence-electron chi connectivity index (χ2n) is 8.25. The fourth-order valence-electron chi connectivity index (χ4n) is 3.41. The molecule has 1 unspecified atom stereocenters. The molecule has 0 spiro atoms. The first-order valence-electron chi connectivity index (χ1n) is 9.56. The largest absolute Gasteiger partial charge is 0.497 e. The maximum absolute atomic E-state index is 5.33. The molecule has 0 saturated carbocycles. The van der Waals surface area contributed by atoms with Crippen molar-refractivity contribution in [3.05, 3.63) is 72.1 Å². The third kappa shape index (κ3) is 3.68. The Bertz CT molecular complexity index is 1060. The topological polar surface area (TPSA) is 46.8 Å². The minimum Gasteiger partial charge on any atom is -0.497 e. The van der Waals surface area contributed by atoms with Crippen LogP contribution in [-0.2, 0) is 6.42 Å². The van der Waals surface area contributed by atoms with E-state index in [9.17, 15) is 0 Å². The van der Waals surface area contributed by atoms with Crippen LogP contribution in [-0.4, -0.2) is 29.7 Å². The van der Waals surface area contributed by atoms with Gasteiger partial charge < -0.3 is 4.74 Å². The Labute approximate surface area is 166 Å². The van der Waals surface area contributed by atoms with Crippen molar-refractivity contribution >= 4 is 22.2 Å². The van der Waals surface area contributed by atoms with Gasteiger partial charge in [0, 0.05) is 29.8 Å². The molecule has 0 fully saturated rings. The highest BCUT2D eigenvalue weighted by Crippen LogP contribution is 2.29. The van der Waals surface area contributed by atoms with Crippen LogP contribution < -0.4 is 4.74 Å². The molecule has 0 amide bonds. The molecule has 4 rings (SSSR count). The van der Waals surface area contributed by atoms with Crippen molar-refractivity contribution in [2.24, 2.45) is 15.4 Å². The van der Waals surface area contributed by atoms with Gasteiger partial charge in [-0.15, -0.1) is 0 Å². The zero-order valence-electron chi connectivity index (χ0n) is 16.8. The van der Waals surface area contributed by atoms with Gasteiger partial charge in [0.2, 0.25) is 0 Å². The minimum absolute atomic E-state index is 0.0139. The SMILES string of the molecule is COc1ccc2cc(CC3=NC(C(C)(C)C)N=C3c3ccncc3)ccc2c1. The van der Waals surface area contributed by atoms with Crippen molar-refractivity contribution in [1.82, 2.24) is 4.98 Å². The maximum atomic E-state index is 5.33. The lowest BCUT2D eigenvalue weighted by Crippen LogP contribution is -2.20. The van der Waals surface area contributed by atoms with E-state index in [-0.39, 0.29) is 11.6 Å². The van der Waals surface area contributed by atoms with Crippen LogP contribution in [0.2, 0.25) is 0 Å². The van der Waals surface area contributed by atoms with Crippen LogP contribution in [0.1, 0.15) is 31.9 Å². The van der Waals surface area contributed by atoms with E-state index in [1.165, 1.54) is 16.3 Å². The highest BCUT2D eigenvalue weighted by Gasteiger charge is 2.30. The summed E-state index contributed by atoms with van der Waals surface area (Å²) in [4.78, 5) is 14.1. The lowest BCUT2D eigenvalue weighted by molar-refractivity contribution is 0.335. The van der Waals surface area contributed by atoms with Gasteiger partial charge in [0.25, 0.3) is 0 Å². The summed E-state index contributed by atoms with van der Waals surface area (Å²) in [5, 5.41) is 2.37. The van der Waals surface area contributed by atoms with Gasteiger partial charge >= 0.3 is 0 Å². The van der Waals surface area contributed by atoms with E-state index in [0.717, 1.165) is 29.2 Å². The number of hydrogen-bond acceptors (Lipinski definition) is 4. The predicted molar refractivity (Wildman–Crippen MR) is 116 cm³/mol. The fraction of sp³-hybridized carbons (Fsp3) is 0.292. The predicted octanol–water partition coefficient (Wildman–Crippen LogP) is 5.10. The van der Waals surface area contributed by atoms with Crippen molar-refractivity contribution in [3.8, 4) is 5.75 Å². The van der Waals surface area contributed by atoms with E-state index in [2.05, 4.69) is 56.1 Å². The van der Waals surface area contributed by atoms with Crippen LogP contribution in [0.15, 0.2) is 70.9 Å². The van der Waals surface area contributed by atoms with Gasteiger partial charge in [-0.25, -0.2) is 0 Å². The van der Waals surface area contributed by atoms with Gasteiger partial charge in [-0.3, -0.25) is 15.0 Å². The first-order chi connectivity index (χ1) is 13.4. The lowest BCUT2D eigenvalue weighted by Gasteiger charge is -2.21. The molecule has 1 aliphatic rings. The number of nitrogens with zero attached hydrogens (tertiary/aromatic N) is 3. The van der Waals surface area contributed by atoms with Crippen LogP contribution >= 0.6 is 0 Å². The molecule has 1 atom stereocenters. The Kier molecular flexibility index (Phi) is 4.71. The van der Waals surface area contributed by atoms with Gasteiger partial charge in [-0.2, -0.15) is 0 Å². The maximum Gasteiger partial charge on any atom is 0.145 e. The Balaban J connectivity index is 1.68. The summed E-state index contributed by atoms with van der Waals surface area (Å²) in [5.74, 6) is 0.876. The number of aromatic nitrogens is 1. The molecule has 2 aromatic carbocycles. The second kappa shape index (κ2) is 7.19. The quantitative estimate of drug-likeness (QED) is 0.640. The van der Waals surface area contributed by atoms with Crippen LogP contribution in [0.4, 0.5) is 0 Å². The minimum atomic E-state index is -0.0598. The third-order valence-corrected chi connectivity index (χ3v) is 5.01. The molecule has 0 radical (unpaired) electrons. The number of fused-ring (bicyclic) bond motifs is 1. The van der Waals surface area contributed by atoms with Crippen molar-refractivity contribution in [2.75, 3.05) is 7.11 Å². The van der Waals surface area contributed by atoms with E-state index >= 15 is 0 Å². The van der Waals surface area contributed by atoms with Crippen molar-refractivity contribution < 1.29 is 4.74 Å². The molecule has 28 heavy (non-hydrogen) atoms. The summed E-state index contributed by atoms with van der Waals surface area (Å²) in [5.41, 5.74) is 4.31. The number of ether oxygens (including phenoxy) is 1. The molecular weight excluding hydrogens is 346 g/mol. The summed E-state index contributed by atoms with van der Waals surface area (Å²) in [6.45, 7) is 6.55. The second-order valence-corrected chi connectivity index (χ2v) is 8.25. The molecule has 1 aromatic heterocycles. The van der Waals surface area contributed by atoms with Crippen molar-refractivity contribution in [2.45, 2.75) is 33.4 Å². The van der Waals surface area contributed by atoms with Gasteiger partial charge in [0.05, 0.1) is 18.5 Å². The van der Waals surface area contributed by atoms with Crippen LogP contribution in [0.3, 0.4) is 0 Å². The molecule has 0 bridgehead atoms. The van der Waals surface area contributed by atoms with E-state index in [1.807, 2.05) is 30.6 Å². The Morgan fingerprint density at radius 1 is 0.893 bits per heavy atom. The molecule has 0 saturated heterocycles. The molecule has 142 valence electrons. The zero-order chi connectivity index (χ0) is 19.7. The summed E-state index contributed by atoms with van der Waals surface area (Å²) in [7, 11) is 1.69. The van der Waals surface area contributed by atoms with E-state index in [4.69, 9.17) is 14.7 Å². The smallest absolute Gasteiger partial charge is 0.145 e. The number of methoxy groups -OCH3 is 1. The van der Waals surface area contributed by atoms with Gasteiger partial charge in [0.1, 0.15) is 11.9 Å². The van der Waals surface area contributed by atoms with Gasteiger partial charge in [0.15, 0.2) is 0 Å². The molecular formula is C24H25N3O. The molecule has 0 N–H and O–H groups in total. The normalized spacial score (nSPS) is 16.8. The number of pyridine rings is 1. The number of hydrogen-bond donors (Lipinski definition) is 0. The summed E-state index contributed by atoms with van der Waals surface area (Å²) in [6, 6.07) is 16.7. The molecule has 4 heteroatoms. The van der Waals surface area contributed by atoms with E-state index < -0.39 is 0 Å². The number of rotatable bonds is 4. The highest BCUT2D eigenvalue weighted by atomic mass is 16.5. The van der Waals surface area contributed by atoms with Crippen LogP contribution in [0, 0.1) is 5.41 Å². The average Bonchev–Trinajstić information content (AvgIpc) is 3.12. The van der Waals surface area contributed by atoms with Crippen molar-refractivity contribution in [1.29, 1.82) is 0 Å². The Hall–Kier alpha value is -3.01. The third-order valence-electron chi connectivity index (χ3n) is 5.01.